The fourth-order valence-corrected chi connectivity index (χ4v) is 6.09. The molecule has 0 unspecified atom stereocenters. The SMILES string of the molecule is CC[C@H](C(=O)Nc1nnc(SCc2ccccc2)s1)N(c1ccc(C)c(Cl)c1)S(C)(=O)=O. The first-order chi connectivity index (χ1) is 15.2. The van der Waals surface area contributed by atoms with Gasteiger partial charge in [-0.05, 0) is 36.6 Å². The molecular formula is C21H23ClN4O3S3. The maximum absolute atomic E-state index is 13.0. The molecule has 0 saturated carbocycles. The highest BCUT2D eigenvalue weighted by Gasteiger charge is 2.32. The molecule has 0 spiro atoms. The van der Waals surface area contributed by atoms with Crippen LogP contribution in [0.25, 0.3) is 0 Å². The summed E-state index contributed by atoms with van der Waals surface area (Å²) in [6.07, 6.45) is 1.33. The van der Waals surface area contributed by atoms with Crippen molar-refractivity contribution in [2.75, 3.05) is 15.9 Å². The smallest absolute Gasteiger partial charge is 0.250 e. The number of carbonyl (C=O) groups excluding carboxylic acids is 1. The van der Waals surface area contributed by atoms with E-state index in [0.29, 0.717) is 20.2 Å². The molecule has 32 heavy (non-hydrogen) atoms. The highest BCUT2D eigenvalue weighted by molar-refractivity contribution is 8.00. The second-order valence-electron chi connectivity index (χ2n) is 7.05. The van der Waals surface area contributed by atoms with Crippen LogP contribution in [0.5, 0.6) is 0 Å². The molecule has 0 saturated heterocycles. The predicted octanol–water partition coefficient (Wildman–Crippen LogP) is 4.98. The summed E-state index contributed by atoms with van der Waals surface area (Å²) in [7, 11) is -3.75. The van der Waals surface area contributed by atoms with Crippen LogP contribution < -0.4 is 9.62 Å². The Hall–Kier alpha value is -2.14. The molecule has 3 aromatic rings. The first kappa shape index (κ1) is 24.5. The summed E-state index contributed by atoms with van der Waals surface area (Å²) >= 11 is 8.97. The third-order valence-corrected chi connectivity index (χ3v) is 8.21. The molecule has 7 nitrogen and oxygen atoms in total. The van der Waals surface area contributed by atoms with Crippen LogP contribution in [0, 0.1) is 6.92 Å². The van der Waals surface area contributed by atoms with Gasteiger partial charge in [0.15, 0.2) is 4.34 Å². The van der Waals surface area contributed by atoms with E-state index in [-0.39, 0.29) is 6.42 Å². The number of aromatic nitrogens is 2. The quantitative estimate of drug-likeness (QED) is 0.322. The van der Waals surface area contributed by atoms with Crippen LogP contribution in [0.2, 0.25) is 5.02 Å². The molecule has 1 heterocycles. The number of benzene rings is 2. The van der Waals surface area contributed by atoms with Gasteiger partial charge in [-0.3, -0.25) is 14.4 Å². The van der Waals surface area contributed by atoms with Gasteiger partial charge < -0.3 is 0 Å². The molecule has 0 fully saturated rings. The molecule has 0 aliphatic heterocycles. The van der Waals surface area contributed by atoms with E-state index in [0.717, 1.165) is 27.4 Å². The Balaban J connectivity index is 1.75. The van der Waals surface area contributed by atoms with Gasteiger partial charge in [-0.1, -0.05) is 78.0 Å². The van der Waals surface area contributed by atoms with Gasteiger partial charge in [0.2, 0.25) is 21.1 Å². The van der Waals surface area contributed by atoms with Gasteiger partial charge in [-0.2, -0.15) is 0 Å². The Morgan fingerprint density at radius 1 is 1.22 bits per heavy atom. The first-order valence-electron chi connectivity index (χ1n) is 9.75. The summed E-state index contributed by atoms with van der Waals surface area (Å²) in [6.45, 7) is 3.57. The molecule has 2 aromatic carbocycles. The molecule has 11 heteroatoms. The van der Waals surface area contributed by atoms with Crippen molar-refractivity contribution < 1.29 is 13.2 Å². The van der Waals surface area contributed by atoms with Crippen molar-refractivity contribution in [2.24, 2.45) is 0 Å². The molecule has 0 bridgehead atoms. The second kappa shape index (κ2) is 10.7. The number of halogens is 1. The zero-order valence-corrected chi connectivity index (χ0v) is 21.0. The Labute approximate surface area is 201 Å². The van der Waals surface area contributed by atoms with Crippen LogP contribution in [0.4, 0.5) is 10.8 Å². The molecule has 170 valence electrons. The van der Waals surface area contributed by atoms with E-state index in [1.165, 1.54) is 23.1 Å². The van der Waals surface area contributed by atoms with Gasteiger partial charge in [0, 0.05) is 10.8 Å². The Bertz CT molecular complexity index is 1190. The van der Waals surface area contributed by atoms with Crippen LogP contribution in [0.3, 0.4) is 0 Å². The van der Waals surface area contributed by atoms with Gasteiger partial charge in [-0.15, -0.1) is 10.2 Å². The molecule has 1 atom stereocenters. The van der Waals surface area contributed by atoms with Gasteiger partial charge in [0.1, 0.15) is 6.04 Å². The first-order valence-corrected chi connectivity index (χ1v) is 13.8. The van der Waals surface area contributed by atoms with E-state index < -0.39 is 22.0 Å². The number of carbonyl (C=O) groups is 1. The number of amides is 1. The van der Waals surface area contributed by atoms with E-state index in [9.17, 15) is 13.2 Å². The lowest BCUT2D eigenvalue weighted by Crippen LogP contribution is -2.47. The number of nitrogens with one attached hydrogen (secondary N) is 1. The number of hydrogen-bond donors (Lipinski definition) is 1. The van der Waals surface area contributed by atoms with Crippen LogP contribution in [-0.4, -0.2) is 36.8 Å². The highest BCUT2D eigenvalue weighted by Crippen LogP contribution is 2.30. The van der Waals surface area contributed by atoms with E-state index in [1.54, 1.807) is 25.1 Å². The zero-order chi connectivity index (χ0) is 23.3. The number of anilines is 2. The van der Waals surface area contributed by atoms with Crippen molar-refractivity contribution in [3.8, 4) is 0 Å². The molecule has 1 amide bonds. The Morgan fingerprint density at radius 2 is 1.94 bits per heavy atom. The molecule has 1 N–H and O–H groups in total. The largest absolute Gasteiger partial charge is 0.299 e. The van der Waals surface area contributed by atoms with Crippen molar-refractivity contribution in [1.29, 1.82) is 0 Å². The van der Waals surface area contributed by atoms with Gasteiger partial charge in [0.05, 0.1) is 11.9 Å². The van der Waals surface area contributed by atoms with Crippen molar-refractivity contribution >= 4 is 61.4 Å². The second-order valence-corrected chi connectivity index (χ2v) is 11.5. The lowest BCUT2D eigenvalue weighted by molar-refractivity contribution is -0.117. The zero-order valence-electron chi connectivity index (χ0n) is 17.8. The maximum atomic E-state index is 13.0. The monoisotopic (exact) mass is 510 g/mol. The summed E-state index contributed by atoms with van der Waals surface area (Å²) in [5.41, 5.74) is 2.31. The molecular weight excluding hydrogens is 488 g/mol. The average Bonchev–Trinajstić information content (AvgIpc) is 3.19. The number of nitrogens with zero attached hydrogens (tertiary/aromatic N) is 3. The fourth-order valence-electron chi connectivity index (χ4n) is 3.01. The summed E-state index contributed by atoms with van der Waals surface area (Å²) in [5.74, 6) is 0.252. The van der Waals surface area contributed by atoms with E-state index >= 15 is 0 Å². The average molecular weight is 511 g/mol. The number of aryl methyl sites for hydroxylation is 1. The standard InChI is InChI=1S/C21H23ClN4O3S3/c1-4-18(26(32(3,28)29)16-11-10-14(2)17(22)12-16)19(27)23-20-24-25-21(31-20)30-13-15-8-6-5-7-9-15/h5-12,18H,4,13H2,1-3H3,(H,23,24,27)/t18-/m1/s1. The summed E-state index contributed by atoms with van der Waals surface area (Å²) in [6, 6.07) is 13.9. The number of hydrogen-bond acceptors (Lipinski definition) is 7. The minimum absolute atomic E-state index is 0.263. The van der Waals surface area contributed by atoms with Crippen LogP contribution >= 0.6 is 34.7 Å². The van der Waals surface area contributed by atoms with Gasteiger partial charge in [-0.25, -0.2) is 8.42 Å². The van der Waals surface area contributed by atoms with Gasteiger partial charge >= 0.3 is 0 Å². The van der Waals surface area contributed by atoms with Crippen LogP contribution in [-0.2, 0) is 20.6 Å². The Kier molecular flexibility index (Phi) is 8.16. The van der Waals surface area contributed by atoms with Crippen LogP contribution in [0.15, 0.2) is 52.9 Å². The van der Waals surface area contributed by atoms with Crippen molar-refractivity contribution in [1.82, 2.24) is 10.2 Å². The lowest BCUT2D eigenvalue weighted by atomic mass is 10.1. The molecule has 1 aromatic heterocycles. The van der Waals surface area contributed by atoms with Crippen molar-refractivity contribution in [3.05, 3.63) is 64.7 Å². The topological polar surface area (TPSA) is 92.3 Å². The van der Waals surface area contributed by atoms with Gasteiger partial charge in [0.25, 0.3) is 0 Å². The summed E-state index contributed by atoms with van der Waals surface area (Å²) < 4.78 is 27.0. The number of rotatable bonds is 9. The molecule has 0 aliphatic carbocycles. The predicted molar refractivity (Wildman–Crippen MR) is 132 cm³/mol. The van der Waals surface area contributed by atoms with Crippen LogP contribution in [0.1, 0.15) is 24.5 Å². The fraction of sp³-hybridized carbons (Fsp3) is 0.286. The van der Waals surface area contributed by atoms with E-state index in [4.69, 9.17) is 11.6 Å². The summed E-state index contributed by atoms with van der Waals surface area (Å²) in [4.78, 5) is 13.0. The summed E-state index contributed by atoms with van der Waals surface area (Å²) in [5, 5.41) is 11.6. The molecule has 0 radical (unpaired) electrons. The highest BCUT2D eigenvalue weighted by atomic mass is 35.5. The maximum Gasteiger partial charge on any atom is 0.250 e. The van der Waals surface area contributed by atoms with Crippen molar-refractivity contribution in [3.63, 3.8) is 0 Å². The third-order valence-electron chi connectivity index (χ3n) is 4.58. The van der Waals surface area contributed by atoms with E-state index in [1.807, 2.05) is 37.3 Å². The third kappa shape index (κ3) is 6.22. The Morgan fingerprint density at radius 3 is 2.56 bits per heavy atom. The van der Waals surface area contributed by atoms with E-state index in [2.05, 4.69) is 15.5 Å². The minimum Gasteiger partial charge on any atom is -0.299 e. The normalized spacial score (nSPS) is 12.4. The molecule has 3 rings (SSSR count). The molecule has 0 aliphatic rings. The van der Waals surface area contributed by atoms with Crippen molar-refractivity contribution in [2.45, 2.75) is 36.4 Å². The lowest BCUT2D eigenvalue weighted by Gasteiger charge is -2.30. The number of thioether (sulfide) groups is 1. The number of sulfonamides is 1. The minimum atomic E-state index is -3.75.